The maximum absolute atomic E-state index is 11.8. The molecule has 1 atom stereocenters. The van der Waals surface area contributed by atoms with Gasteiger partial charge in [-0.3, -0.25) is 10.1 Å². The Kier molecular flexibility index (Phi) is 5.67. The van der Waals surface area contributed by atoms with Crippen molar-refractivity contribution in [2.24, 2.45) is 0 Å². The van der Waals surface area contributed by atoms with Gasteiger partial charge in [-0.05, 0) is 19.8 Å². The van der Waals surface area contributed by atoms with Crippen LogP contribution in [-0.4, -0.2) is 16.5 Å². The van der Waals surface area contributed by atoms with Gasteiger partial charge in [0.15, 0.2) is 0 Å². The second-order valence-corrected chi connectivity index (χ2v) is 4.34. The molecule has 18 heavy (non-hydrogen) atoms. The average molecular weight is 253 g/mol. The Hall–Kier alpha value is -1.53. The molecule has 1 N–H and O–H groups in total. The minimum atomic E-state index is -0.497. The summed E-state index contributed by atoms with van der Waals surface area (Å²) in [6, 6.07) is 2.63. The Morgan fingerprint density at radius 3 is 2.67 bits per heavy atom. The molecule has 0 saturated heterocycles. The van der Waals surface area contributed by atoms with Crippen LogP contribution >= 0.6 is 0 Å². The third-order valence-electron chi connectivity index (χ3n) is 2.69. The zero-order valence-electron chi connectivity index (χ0n) is 10.8. The molecule has 1 unspecified atom stereocenters. The fourth-order valence-corrected chi connectivity index (χ4v) is 1.74. The molecule has 0 aliphatic carbocycles. The Labute approximate surface area is 106 Å². The maximum Gasteiger partial charge on any atom is 0.278 e. The van der Waals surface area contributed by atoms with Crippen molar-refractivity contribution < 1.29 is 9.99 Å². The SMILES string of the molecule is CCCCCC[NH+]([O-])c1cc([N+](=O)[O-])cc(C)n1. The Morgan fingerprint density at radius 1 is 1.33 bits per heavy atom. The second kappa shape index (κ2) is 7.03. The number of rotatable bonds is 7. The van der Waals surface area contributed by atoms with Gasteiger partial charge in [0.25, 0.3) is 5.69 Å². The fraction of sp³-hybridized carbons (Fsp3) is 0.583. The highest BCUT2D eigenvalue weighted by molar-refractivity contribution is 5.38. The van der Waals surface area contributed by atoms with Gasteiger partial charge in [-0.15, -0.1) is 0 Å². The van der Waals surface area contributed by atoms with Gasteiger partial charge in [0.05, 0.1) is 23.2 Å². The van der Waals surface area contributed by atoms with Gasteiger partial charge in [-0.1, -0.05) is 19.8 Å². The fourth-order valence-electron chi connectivity index (χ4n) is 1.74. The van der Waals surface area contributed by atoms with E-state index in [9.17, 15) is 15.3 Å². The highest BCUT2D eigenvalue weighted by Gasteiger charge is 2.13. The molecule has 6 heteroatoms. The van der Waals surface area contributed by atoms with Crippen molar-refractivity contribution in [2.45, 2.75) is 39.5 Å². The van der Waals surface area contributed by atoms with E-state index in [0.29, 0.717) is 12.2 Å². The number of hydroxylamine groups is 1. The molecule has 0 saturated carbocycles. The molecular formula is C12H19N3O3. The van der Waals surface area contributed by atoms with Crippen LogP contribution in [0.15, 0.2) is 12.1 Å². The van der Waals surface area contributed by atoms with Crippen molar-refractivity contribution in [3.63, 3.8) is 0 Å². The first-order chi connectivity index (χ1) is 8.54. The monoisotopic (exact) mass is 253 g/mol. The van der Waals surface area contributed by atoms with Crippen LogP contribution in [0.25, 0.3) is 0 Å². The van der Waals surface area contributed by atoms with Crippen LogP contribution in [0.2, 0.25) is 0 Å². The van der Waals surface area contributed by atoms with Crippen molar-refractivity contribution in [3.8, 4) is 0 Å². The molecule has 0 bridgehead atoms. The molecular weight excluding hydrogens is 234 g/mol. The molecule has 0 aliphatic rings. The van der Waals surface area contributed by atoms with Gasteiger partial charge >= 0.3 is 0 Å². The van der Waals surface area contributed by atoms with Crippen LogP contribution in [0.1, 0.15) is 38.3 Å². The second-order valence-electron chi connectivity index (χ2n) is 4.34. The summed E-state index contributed by atoms with van der Waals surface area (Å²) < 4.78 is 0. The summed E-state index contributed by atoms with van der Waals surface area (Å²) in [4.78, 5) is 14.3. The number of nitrogens with zero attached hydrogens (tertiary/aromatic N) is 2. The summed E-state index contributed by atoms with van der Waals surface area (Å²) in [5.74, 6) is 0.207. The lowest BCUT2D eigenvalue weighted by Crippen LogP contribution is -3.02. The molecule has 0 radical (unpaired) electrons. The van der Waals surface area contributed by atoms with E-state index in [2.05, 4.69) is 11.9 Å². The molecule has 6 nitrogen and oxygen atoms in total. The van der Waals surface area contributed by atoms with Gasteiger partial charge in [0.2, 0.25) is 5.82 Å². The van der Waals surface area contributed by atoms with E-state index in [0.717, 1.165) is 25.7 Å². The van der Waals surface area contributed by atoms with E-state index < -0.39 is 4.92 Å². The van der Waals surface area contributed by atoms with Crippen molar-refractivity contribution in [1.82, 2.24) is 4.98 Å². The van der Waals surface area contributed by atoms with Gasteiger partial charge < -0.3 is 10.3 Å². The third-order valence-corrected chi connectivity index (χ3v) is 2.69. The minimum Gasteiger partial charge on any atom is -0.628 e. The Morgan fingerprint density at radius 2 is 2.06 bits per heavy atom. The summed E-state index contributed by atoms with van der Waals surface area (Å²) >= 11 is 0. The zero-order chi connectivity index (χ0) is 13.5. The molecule has 1 rings (SSSR count). The molecule has 0 spiro atoms. The highest BCUT2D eigenvalue weighted by Crippen LogP contribution is 2.14. The molecule has 1 heterocycles. The van der Waals surface area contributed by atoms with Gasteiger partial charge in [-0.2, -0.15) is 0 Å². The Balaban J connectivity index is 2.67. The van der Waals surface area contributed by atoms with E-state index in [1.807, 2.05) is 0 Å². The number of unbranched alkanes of at least 4 members (excludes halogenated alkanes) is 3. The number of nitro groups is 1. The van der Waals surface area contributed by atoms with Crippen molar-refractivity contribution >= 4 is 11.5 Å². The summed E-state index contributed by atoms with van der Waals surface area (Å²) in [7, 11) is 0. The molecule has 100 valence electrons. The van der Waals surface area contributed by atoms with E-state index in [1.165, 1.54) is 12.1 Å². The van der Waals surface area contributed by atoms with E-state index in [1.54, 1.807) is 6.92 Å². The summed E-state index contributed by atoms with van der Waals surface area (Å²) in [6.07, 6.45) is 4.04. The smallest absolute Gasteiger partial charge is 0.278 e. The first-order valence-corrected chi connectivity index (χ1v) is 6.21. The third kappa shape index (κ3) is 4.38. The normalized spacial score (nSPS) is 12.4. The van der Waals surface area contributed by atoms with Crippen molar-refractivity contribution in [1.29, 1.82) is 0 Å². The standard InChI is InChI=1S/C12H19N3O3/c1-3-4-5-6-7-14(16)12-9-11(15(17)18)8-10(2)13-12/h8-9,14H,3-7H2,1-2H3. The number of nitrogens with one attached hydrogen (secondary N) is 1. The number of quaternary nitrogens is 1. The molecule has 0 aromatic carbocycles. The molecule has 1 aromatic heterocycles. The predicted octanol–water partition coefficient (Wildman–Crippen LogP) is 1.89. The summed E-state index contributed by atoms with van der Waals surface area (Å²) in [5, 5.41) is 22.4. The van der Waals surface area contributed by atoms with E-state index >= 15 is 0 Å². The molecule has 1 aromatic rings. The predicted molar refractivity (Wildman–Crippen MR) is 68.6 cm³/mol. The van der Waals surface area contributed by atoms with E-state index in [4.69, 9.17) is 0 Å². The van der Waals surface area contributed by atoms with Crippen LogP contribution in [-0.2, 0) is 0 Å². The summed E-state index contributed by atoms with van der Waals surface area (Å²) in [5.41, 5.74) is 0.431. The number of aromatic nitrogens is 1. The largest absolute Gasteiger partial charge is 0.628 e. The van der Waals surface area contributed by atoms with Crippen LogP contribution in [0, 0.1) is 22.2 Å². The maximum atomic E-state index is 11.8. The first kappa shape index (κ1) is 14.5. The van der Waals surface area contributed by atoms with Crippen molar-refractivity contribution in [3.05, 3.63) is 33.1 Å². The lowest BCUT2D eigenvalue weighted by atomic mass is 10.2. The average Bonchev–Trinajstić information content (AvgIpc) is 2.33. The minimum absolute atomic E-state index is 0.0700. The molecule has 0 amide bonds. The first-order valence-electron chi connectivity index (χ1n) is 6.21. The van der Waals surface area contributed by atoms with Crippen LogP contribution < -0.4 is 5.06 Å². The number of pyridine rings is 1. The number of hydrogen-bond acceptors (Lipinski definition) is 4. The van der Waals surface area contributed by atoms with Crippen LogP contribution in [0.4, 0.5) is 11.5 Å². The number of hydrogen-bond donors (Lipinski definition) is 1. The lowest BCUT2D eigenvalue weighted by molar-refractivity contribution is -0.779. The van der Waals surface area contributed by atoms with Gasteiger partial charge in [-0.25, -0.2) is 4.98 Å². The zero-order valence-corrected chi connectivity index (χ0v) is 10.8. The lowest BCUT2D eigenvalue weighted by Gasteiger charge is -2.20. The van der Waals surface area contributed by atoms with Gasteiger partial charge in [0.1, 0.15) is 0 Å². The van der Waals surface area contributed by atoms with Crippen molar-refractivity contribution in [2.75, 3.05) is 6.54 Å². The summed E-state index contributed by atoms with van der Waals surface area (Å²) in [6.45, 7) is 4.17. The van der Waals surface area contributed by atoms with E-state index in [-0.39, 0.29) is 16.6 Å². The Bertz CT molecular complexity index is 410. The van der Waals surface area contributed by atoms with Crippen LogP contribution in [0.5, 0.6) is 0 Å². The highest BCUT2D eigenvalue weighted by atomic mass is 16.6. The molecule has 0 fully saturated rings. The quantitative estimate of drug-likeness (QED) is 0.457. The van der Waals surface area contributed by atoms with Crippen LogP contribution in [0.3, 0.4) is 0 Å². The topological polar surface area (TPSA) is 83.5 Å². The molecule has 0 aliphatic heterocycles. The van der Waals surface area contributed by atoms with Gasteiger partial charge in [0, 0.05) is 6.07 Å². The number of aryl methyl sites for hydroxylation is 1.